The first-order valence-corrected chi connectivity index (χ1v) is 8.29. The van der Waals surface area contributed by atoms with Crippen molar-refractivity contribution in [3.63, 3.8) is 0 Å². The van der Waals surface area contributed by atoms with Crippen molar-refractivity contribution in [3.8, 4) is 6.07 Å². The van der Waals surface area contributed by atoms with Crippen LogP contribution in [0.2, 0.25) is 5.02 Å². The smallest absolute Gasteiger partial charge is 0.192 e. The number of hydrogen-bond acceptors (Lipinski definition) is 2. The van der Waals surface area contributed by atoms with Crippen molar-refractivity contribution in [2.24, 2.45) is 4.99 Å². The van der Waals surface area contributed by atoms with Crippen molar-refractivity contribution in [2.45, 2.75) is 26.4 Å². The Morgan fingerprint density at radius 1 is 1.25 bits per heavy atom. The molecule has 0 heterocycles. The predicted molar refractivity (Wildman–Crippen MR) is 99.0 cm³/mol. The van der Waals surface area contributed by atoms with Crippen molar-refractivity contribution in [3.05, 3.63) is 70.2 Å². The molecule has 124 valence electrons. The summed E-state index contributed by atoms with van der Waals surface area (Å²) >= 11 is 6.06. The van der Waals surface area contributed by atoms with Gasteiger partial charge in [-0.05, 0) is 49.2 Å². The second-order valence-electron chi connectivity index (χ2n) is 5.42. The molecule has 2 aromatic carbocycles. The summed E-state index contributed by atoms with van der Waals surface area (Å²) in [5.41, 5.74) is 2.82. The number of guanidine groups is 1. The normalized spacial score (nSPS) is 12.3. The summed E-state index contributed by atoms with van der Waals surface area (Å²) in [7, 11) is 0. The van der Waals surface area contributed by atoms with Gasteiger partial charge in [-0.3, -0.25) is 0 Å². The highest BCUT2D eigenvalue weighted by atomic mass is 35.5. The average Bonchev–Trinajstić information content (AvgIpc) is 2.60. The van der Waals surface area contributed by atoms with E-state index < -0.39 is 0 Å². The summed E-state index contributed by atoms with van der Waals surface area (Å²) in [6.45, 7) is 5.42. The third-order valence-electron chi connectivity index (χ3n) is 3.55. The third-order valence-corrected chi connectivity index (χ3v) is 3.78. The first-order valence-electron chi connectivity index (χ1n) is 7.91. The molecular formula is C19H21ClN4. The van der Waals surface area contributed by atoms with E-state index in [0.717, 1.165) is 28.7 Å². The molecule has 0 spiro atoms. The maximum Gasteiger partial charge on any atom is 0.192 e. The second-order valence-corrected chi connectivity index (χ2v) is 5.86. The van der Waals surface area contributed by atoms with E-state index in [1.54, 1.807) is 12.1 Å². The Kier molecular flexibility index (Phi) is 6.65. The van der Waals surface area contributed by atoms with Gasteiger partial charge in [0.2, 0.25) is 0 Å². The number of benzene rings is 2. The highest BCUT2D eigenvalue weighted by Crippen LogP contribution is 2.17. The quantitative estimate of drug-likeness (QED) is 0.638. The summed E-state index contributed by atoms with van der Waals surface area (Å²) in [4.78, 5) is 4.61. The maximum atomic E-state index is 8.84. The Morgan fingerprint density at radius 3 is 2.62 bits per heavy atom. The van der Waals surface area contributed by atoms with Gasteiger partial charge >= 0.3 is 0 Å². The van der Waals surface area contributed by atoms with Gasteiger partial charge < -0.3 is 10.6 Å². The van der Waals surface area contributed by atoms with E-state index >= 15 is 0 Å². The van der Waals surface area contributed by atoms with Crippen LogP contribution in [0.5, 0.6) is 0 Å². The second kappa shape index (κ2) is 8.95. The van der Waals surface area contributed by atoms with Gasteiger partial charge in [0.05, 0.1) is 24.2 Å². The van der Waals surface area contributed by atoms with Crippen LogP contribution in [0.3, 0.4) is 0 Å². The molecule has 0 saturated carbocycles. The minimum absolute atomic E-state index is 0.0856. The van der Waals surface area contributed by atoms with E-state index in [0.29, 0.717) is 12.1 Å². The van der Waals surface area contributed by atoms with Crippen LogP contribution in [-0.2, 0) is 6.54 Å². The largest absolute Gasteiger partial charge is 0.357 e. The van der Waals surface area contributed by atoms with Crippen LogP contribution in [0.4, 0.5) is 0 Å². The van der Waals surface area contributed by atoms with Crippen LogP contribution >= 0.6 is 11.6 Å². The minimum Gasteiger partial charge on any atom is -0.357 e. The molecule has 24 heavy (non-hydrogen) atoms. The Morgan fingerprint density at radius 2 is 2.00 bits per heavy atom. The third kappa shape index (κ3) is 5.29. The standard InChI is InChI=1S/C19H21ClN4/c1-3-22-19(23-13-16-9-7-15(12-21)8-10-16)24-14(2)17-5-4-6-18(20)11-17/h4-11,14H,3,13H2,1-2H3,(H2,22,23,24). The molecule has 0 fully saturated rings. The zero-order chi connectivity index (χ0) is 17.4. The highest BCUT2D eigenvalue weighted by Gasteiger charge is 2.08. The van der Waals surface area contributed by atoms with Gasteiger partial charge in [-0.25, -0.2) is 4.99 Å². The maximum absolute atomic E-state index is 8.84. The summed E-state index contributed by atoms with van der Waals surface area (Å²) in [6.07, 6.45) is 0. The molecular weight excluding hydrogens is 320 g/mol. The van der Waals surface area contributed by atoms with E-state index in [9.17, 15) is 0 Å². The Bertz CT molecular complexity index is 732. The Balaban J connectivity index is 2.05. The Hall–Kier alpha value is -2.51. The van der Waals surface area contributed by atoms with Crippen molar-refractivity contribution < 1.29 is 0 Å². The van der Waals surface area contributed by atoms with Crippen LogP contribution in [0.1, 0.15) is 36.6 Å². The molecule has 0 radical (unpaired) electrons. The lowest BCUT2D eigenvalue weighted by atomic mass is 10.1. The fourth-order valence-electron chi connectivity index (χ4n) is 2.24. The molecule has 0 aliphatic rings. The van der Waals surface area contributed by atoms with E-state index in [1.807, 2.05) is 43.3 Å². The molecule has 0 amide bonds. The van der Waals surface area contributed by atoms with E-state index in [4.69, 9.17) is 16.9 Å². The topological polar surface area (TPSA) is 60.2 Å². The van der Waals surface area contributed by atoms with E-state index in [1.165, 1.54) is 0 Å². The first-order chi connectivity index (χ1) is 11.6. The summed E-state index contributed by atoms with van der Waals surface area (Å²) in [5, 5.41) is 16.2. The van der Waals surface area contributed by atoms with E-state index in [2.05, 4.69) is 28.6 Å². The lowest BCUT2D eigenvalue weighted by molar-refractivity contribution is 0.686. The van der Waals surface area contributed by atoms with Crippen LogP contribution < -0.4 is 10.6 Å². The molecule has 0 aliphatic heterocycles. The Labute approximate surface area is 148 Å². The van der Waals surface area contributed by atoms with Gasteiger partial charge in [-0.15, -0.1) is 0 Å². The van der Waals surface area contributed by atoms with E-state index in [-0.39, 0.29) is 6.04 Å². The van der Waals surface area contributed by atoms with Gasteiger partial charge in [0, 0.05) is 11.6 Å². The van der Waals surface area contributed by atoms with Crippen LogP contribution in [0.15, 0.2) is 53.5 Å². The van der Waals surface area contributed by atoms with Crippen LogP contribution in [0, 0.1) is 11.3 Å². The van der Waals surface area contributed by atoms with Gasteiger partial charge in [-0.2, -0.15) is 5.26 Å². The van der Waals surface area contributed by atoms with Gasteiger partial charge in [0.25, 0.3) is 0 Å². The number of nitrogens with zero attached hydrogens (tertiary/aromatic N) is 2. The molecule has 2 N–H and O–H groups in total. The number of hydrogen-bond donors (Lipinski definition) is 2. The van der Waals surface area contributed by atoms with Crippen LogP contribution in [0.25, 0.3) is 0 Å². The number of aliphatic imine (C=N–C) groups is 1. The highest BCUT2D eigenvalue weighted by molar-refractivity contribution is 6.30. The molecule has 1 atom stereocenters. The van der Waals surface area contributed by atoms with Crippen molar-refractivity contribution in [1.29, 1.82) is 5.26 Å². The number of rotatable bonds is 5. The average molecular weight is 341 g/mol. The number of nitrogens with one attached hydrogen (secondary N) is 2. The first kappa shape index (κ1) is 17.8. The zero-order valence-corrected chi connectivity index (χ0v) is 14.6. The summed E-state index contributed by atoms with van der Waals surface area (Å²) in [6, 6.07) is 17.4. The molecule has 0 saturated heterocycles. The van der Waals surface area contributed by atoms with Crippen molar-refractivity contribution in [2.75, 3.05) is 6.54 Å². The summed E-state index contributed by atoms with van der Waals surface area (Å²) in [5.74, 6) is 0.745. The monoisotopic (exact) mass is 340 g/mol. The fourth-order valence-corrected chi connectivity index (χ4v) is 2.44. The SMILES string of the molecule is CCNC(=NCc1ccc(C#N)cc1)NC(C)c1cccc(Cl)c1. The number of nitriles is 1. The molecule has 4 nitrogen and oxygen atoms in total. The molecule has 0 aromatic heterocycles. The minimum atomic E-state index is 0.0856. The molecule has 1 unspecified atom stereocenters. The summed E-state index contributed by atoms with van der Waals surface area (Å²) < 4.78 is 0. The molecule has 0 bridgehead atoms. The van der Waals surface area contributed by atoms with Gasteiger partial charge in [0.1, 0.15) is 0 Å². The predicted octanol–water partition coefficient (Wildman–Crippen LogP) is 4.03. The van der Waals surface area contributed by atoms with Crippen LogP contribution in [-0.4, -0.2) is 12.5 Å². The molecule has 5 heteroatoms. The molecule has 2 aromatic rings. The van der Waals surface area contributed by atoms with Crippen molar-refractivity contribution in [1.82, 2.24) is 10.6 Å². The van der Waals surface area contributed by atoms with Gasteiger partial charge in [-0.1, -0.05) is 35.9 Å². The molecule has 0 aliphatic carbocycles. The van der Waals surface area contributed by atoms with Gasteiger partial charge in [0.15, 0.2) is 5.96 Å². The zero-order valence-electron chi connectivity index (χ0n) is 13.9. The van der Waals surface area contributed by atoms with Crippen molar-refractivity contribution >= 4 is 17.6 Å². The lowest BCUT2D eigenvalue weighted by Crippen LogP contribution is -2.38. The molecule has 2 rings (SSSR count). The number of halogens is 1. The lowest BCUT2D eigenvalue weighted by Gasteiger charge is -2.18. The fraction of sp³-hybridized carbons (Fsp3) is 0.263.